The summed E-state index contributed by atoms with van der Waals surface area (Å²) in [5, 5.41) is 10.5. The molecule has 0 saturated carbocycles. The molecule has 0 radical (unpaired) electrons. The Morgan fingerprint density at radius 1 is 1.47 bits per heavy atom. The van der Waals surface area contributed by atoms with Crippen LogP contribution in [0.15, 0.2) is 24.3 Å². The summed E-state index contributed by atoms with van der Waals surface area (Å²) in [6, 6.07) is 5.89. The van der Waals surface area contributed by atoms with E-state index in [-0.39, 0.29) is 5.69 Å². The number of esters is 1. The van der Waals surface area contributed by atoms with Gasteiger partial charge < -0.3 is 4.74 Å². The molecule has 0 fully saturated rings. The monoisotopic (exact) mass is 257 g/mol. The molecule has 0 spiro atoms. The maximum atomic E-state index is 10.9. The number of ether oxygens (including phenoxy) is 1. The van der Waals surface area contributed by atoms with Crippen LogP contribution in [0.4, 0.5) is 5.69 Å². The van der Waals surface area contributed by atoms with Gasteiger partial charge in [-0.2, -0.15) is 0 Å². The highest BCUT2D eigenvalue weighted by Crippen LogP contribution is 2.24. The van der Waals surface area contributed by atoms with Gasteiger partial charge in [0.2, 0.25) is 0 Å². The maximum absolute atomic E-state index is 10.9. The van der Waals surface area contributed by atoms with E-state index < -0.39 is 17.0 Å². The van der Waals surface area contributed by atoms with E-state index >= 15 is 0 Å². The van der Waals surface area contributed by atoms with E-state index in [1.807, 2.05) is 0 Å². The summed E-state index contributed by atoms with van der Waals surface area (Å²) in [6.07, 6.45) is 0.0182. The van der Waals surface area contributed by atoms with Crippen molar-refractivity contribution >= 4 is 23.3 Å². The molecule has 0 aliphatic carbocycles. The smallest absolute Gasteiger partial charge is 0.303 e. The van der Waals surface area contributed by atoms with E-state index in [0.717, 1.165) is 0 Å². The molecular weight excluding hydrogens is 246 g/mol. The fraction of sp³-hybridized carbons (Fsp3) is 0.364. The van der Waals surface area contributed by atoms with Crippen molar-refractivity contribution in [2.24, 2.45) is 0 Å². The predicted octanol–water partition coefficient (Wildman–Crippen LogP) is 2.83. The Balaban J connectivity index is 2.86. The van der Waals surface area contributed by atoms with Gasteiger partial charge in [0, 0.05) is 31.4 Å². The fourth-order valence-corrected chi connectivity index (χ4v) is 1.60. The molecule has 17 heavy (non-hydrogen) atoms. The highest BCUT2D eigenvalue weighted by molar-refractivity contribution is 6.17. The van der Waals surface area contributed by atoms with E-state index in [1.54, 1.807) is 12.1 Å². The van der Waals surface area contributed by atoms with Crippen LogP contribution < -0.4 is 0 Å². The van der Waals surface area contributed by atoms with Crippen LogP contribution in [-0.4, -0.2) is 16.8 Å². The number of non-ortho nitro benzene ring substituents is 1. The van der Waals surface area contributed by atoms with Gasteiger partial charge in [0.25, 0.3) is 5.69 Å². The SMILES string of the molecule is CC(=O)OC(CCCl)c1ccc([N+](=O)[O-])cc1. The maximum Gasteiger partial charge on any atom is 0.303 e. The van der Waals surface area contributed by atoms with Crippen LogP contribution in [-0.2, 0) is 9.53 Å². The van der Waals surface area contributed by atoms with E-state index in [9.17, 15) is 14.9 Å². The van der Waals surface area contributed by atoms with E-state index in [1.165, 1.54) is 19.1 Å². The minimum Gasteiger partial charge on any atom is -0.458 e. The van der Waals surface area contributed by atoms with Crippen molar-refractivity contribution in [1.29, 1.82) is 0 Å². The predicted molar refractivity (Wildman–Crippen MR) is 62.9 cm³/mol. The highest BCUT2D eigenvalue weighted by Gasteiger charge is 2.15. The number of nitro benzene ring substituents is 1. The Labute approximate surface area is 103 Å². The Hall–Kier alpha value is -1.62. The van der Waals surface area contributed by atoms with Gasteiger partial charge in [0.15, 0.2) is 0 Å². The number of nitro groups is 1. The zero-order valence-corrected chi connectivity index (χ0v) is 10.0. The van der Waals surface area contributed by atoms with Crippen molar-refractivity contribution in [2.75, 3.05) is 5.88 Å². The second kappa shape index (κ2) is 6.20. The molecule has 0 heterocycles. The lowest BCUT2D eigenvalue weighted by atomic mass is 10.1. The largest absolute Gasteiger partial charge is 0.458 e. The molecule has 0 aromatic heterocycles. The number of halogens is 1. The number of hydrogen-bond acceptors (Lipinski definition) is 4. The zero-order chi connectivity index (χ0) is 12.8. The Morgan fingerprint density at radius 2 is 2.06 bits per heavy atom. The first-order valence-corrected chi connectivity index (χ1v) is 5.55. The van der Waals surface area contributed by atoms with Crippen molar-refractivity contribution in [3.8, 4) is 0 Å². The summed E-state index contributed by atoms with van der Waals surface area (Å²) >= 11 is 5.61. The quantitative estimate of drug-likeness (QED) is 0.352. The van der Waals surface area contributed by atoms with Crippen LogP contribution in [0.25, 0.3) is 0 Å². The third-order valence-electron chi connectivity index (χ3n) is 2.16. The summed E-state index contributed by atoms with van der Waals surface area (Å²) in [6.45, 7) is 1.31. The number of carbonyl (C=O) groups excluding carboxylic acids is 1. The van der Waals surface area contributed by atoms with Gasteiger partial charge >= 0.3 is 5.97 Å². The first-order valence-electron chi connectivity index (χ1n) is 5.02. The second-order valence-electron chi connectivity index (χ2n) is 3.42. The van der Waals surface area contributed by atoms with Gasteiger partial charge in [-0.25, -0.2) is 0 Å². The second-order valence-corrected chi connectivity index (χ2v) is 3.80. The zero-order valence-electron chi connectivity index (χ0n) is 9.26. The molecule has 0 bridgehead atoms. The van der Waals surface area contributed by atoms with Gasteiger partial charge in [-0.15, -0.1) is 11.6 Å². The third kappa shape index (κ3) is 4.03. The van der Waals surface area contributed by atoms with Crippen molar-refractivity contribution in [2.45, 2.75) is 19.4 Å². The first-order chi connectivity index (χ1) is 8.04. The summed E-state index contributed by atoms with van der Waals surface area (Å²) in [4.78, 5) is 20.9. The Kier molecular flexibility index (Phi) is 4.90. The lowest BCUT2D eigenvalue weighted by Crippen LogP contribution is -2.09. The van der Waals surface area contributed by atoms with E-state index in [0.29, 0.717) is 17.9 Å². The molecule has 6 heteroatoms. The average molecular weight is 258 g/mol. The number of rotatable bonds is 5. The fourth-order valence-electron chi connectivity index (χ4n) is 1.40. The first kappa shape index (κ1) is 13.4. The highest BCUT2D eigenvalue weighted by atomic mass is 35.5. The molecule has 1 aromatic rings. The number of hydrogen-bond donors (Lipinski definition) is 0. The van der Waals surface area contributed by atoms with Crippen molar-refractivity contribution < 1.29 is 14.5 Å². The molecule has 1 aromatic carbocycles. The van der Waals surface area contributed by atoms with Crippen molar-refractivity contribution in [3.63, 3.8) is 0 Å². The van der Waals surface area contributed by atoms with E-state index in [4.69, 9.17) is 16.3 Å². The molecule has 1 rings (SSSR count). The van der Waals surface area contributed by atoms with Crippen LogP contribution in [0.2, 0.25) is 0 Å². The molecule has 92 valence electrons. The molecule has 1 unspecified atom stereocenters. The van der Waals surface area contributed by atoms with Crippen LogP contribution in [0.1, 0.15) is 25.0 Å². The summed E-state index contributed by atoms with van der Waals surface area (Å²) in [5.74, 6) is -0.0620. The number of benzene rings is 1. The topological polar surface area (TPSA) is 69.4 Å². The molecule has 0 aliphatic heterocycles. The van der Waals surface area contributed by atoms with Gasteiger partial charge in [-0.1, -0.05) is 0 Å². The van der Waals surface area contributed by atoms with Crippen molar-refractivity contribution in [3.05, 3.63) is 39.9 Å². The summed E-state index contributed by atoms with van der Waals surface area (Å²) in [7, 11) is 0. The molecule has 1 atom stereocenters. The minimum atomic E-state index is -0.480. The molecular formula is C11H12ClNO4. The van der Waals surface area contributed by atoms with Crippen LogP contribution in [0.3, 0.4) is 0 Å². The van der Waals surface area contributed by atoms with Gasteiger partial charge in [-0.3, -0.25) is 14.9 Å². The lowest BCUT2D eigenvalue weighted by Gasteiger charge is -2.15. The molecule has 0 amide bonds. The number of nitrogens with zero attached hydrogens (tertiary/aromatic N) is 1. The minimum absolute atomic E-state index is 0.00111. The van der Waals surface area contributed by atoms with E-state index in [2.05, 4.69) is 0 Å². The molecule has 0 saturated heterocycles. The Morgan fingerprint density at radius 3 is 2.47 bits per heavy atom. The number of alkyl halides is 1. The van der Waals surface area contributed by atoms with Crippen molar-refractivity contribution in [1.82, 2.24) is 0 Å². The molecule has 5 nitrogen and oxygen atoms in total. The Bertz CT molecular complexity index is 404. The number of carbonyl (C=O) groups is 1. The van der Waals surface area contributed by atoms with Gasteiger partial charge in [0.1, 0.15) is 6.10 Å². The molecule has 0 aliphatic rings. The van der Waals surface area contributed by atoms with Crippen LogP contribution in [0, 0.1) is 10.1 Å². The van der Waals surface area contributed by atoms with Gasteiger partial charge in [0.05, 0.1) is 4.92 Å². The standard InChI is InChI=1S/C11H12ClNO4/c1-8(14)17-11(6-7-12)9-2-4-10(5-3-9)13(15)16/h2-5,11H,6-7H2,1H3. The van der Waals surface area contributed by atoms with Crippen LogP contribution in [0.5, 0.6) is 0 Å². The average Bonchev–Trinajstić information content (AvgIpc) is 2.28. The lowest BCUT2D eigenvalue weighted by molar-refractivity contribution is -0.384. The molecule has 0 N–H and O–H groups in total. The van der Waals surface area contributed by atoms with Crippen LogP contribution >= 0.6 is 11.6 Å². The normalized spacial score (nSPS) is 11.9. The summed E-state index contributed by atoms with van der Waals surface area (Å²) < 4.78 is 5.08. The van der Waals surface area contributed by atoms with Gasteiger partial charge in [-0.05, 0) is 17.7 Å². The summed E-state index contributed by atoms with van der Waals surface area (Å²) in [5.41, 5.74) is 0.702. The third-order valence-corrected chi connectivity index (χ3v) is 2.37.